The van der Waals surface area contributed by atoms with Gasteiger partial charge in [-0.2, -0.15) is 0 Å². The second kappa shape index (κ2) is 7.19. The SMILES string of the molecule is O=C(CN1C(=O)[C@@H]2[C@H](C1=O)[C@H]1C=C[C@H]2C1)NCCSc1ccc(Br)cc1. The predicted octanol–water partition coefficient (Wildman–Crippen LogP) is 2.46. The van der Waals surface area contributed by atoms with Crippen molar-refractivity contribution in [2.24, 2.45) is 23.7 Å². The topological polar surface area (TPSA) is 66.5 Å². The number of carbonyl (C=O) groups excluding carboxylic acids is 3. The molecule has 1 aromatic rings. The molecule has 4 rings (SSSR count). The van der Waals surface area contributed by atoms with Gasteiger partial charge >= 0.3 is 0 Å². The van der Waals surface area contributed by atoms with Crippen LogP contribution in [0.25, 0.3) is 0 Å². The Bertz CT molecular complexity index is 749. The molecular formula is C19H19BrN2O3S. The maximum atomic E-state index is 12.5. The molecule has 0 radical (unpaired) electrons. The van der Waals surface area contributed by atoms with E-state index in [-0.39, 0.29) is 47.9 Å². The number of likely N-dealkylation sites (tertiary alicyclic amines) is 1. The Balaban J connectivity index is 1.24. The van der Waals surface area contributed by atoms with E-state index in [0.717, 1.165) is 21.5 Å². The number of nitrogens with one attached hydrogen (secondary N) is 1. The Labute approximate surface area is 164 Å². The van der Waals surface area contributed by atoms with Crippen LogP contribution in [0.2, 0.25) is 0 Å². The van der Waals surface area contributed by atoms with Gasteiger partial charge in [0.15, 0.2) is 0 Å². The highest BCUT2D eigenvalue weighted by atomic mass is 79.9. The fraction of sp³-hybridized carbons (Fsp3) is 0.421. The summed E-state index contributed by atoms with van der Waals surface area (Å²) < 4.78 is 1.03. The van der Waals surface area contributed by atoms with E-state index in [9.17, 15) is 14.4 Å². The van der Waals surface area contributed by atoms with Gasteiger partial charge in [-0.15, -0.1) is 11.8 Å². The number of nitrogens with zero attached hydrogens (tertiary/aromatic N) is 1. The first-order chi connectivity index (χ1) is 12.5. The molecule has 1 aromatic carbocycles. The smallest absolute Gasteiger partial charge is 0.240 e. The van der Waals surface area contributed by atoms with Crippen molar-refractivity contribution < 1.29 is 14.4 Å². The third-order valence-corrected chi connectivity index (χ3v) is 6.91. The molecule has 3 aliphatic rings. The Hall–Kier alpha value is -1.60. The van der Waals surface area contributed by atoms with Crippen molar-refractivity contribution in [3.05, 3.63) is 40.9 Å². The fourth-order valence-corrected chi connectivity index (χ4v) is 5.24. The lowest BCUT2D eigenvalue weighted by atomic mass is 9.85. The van der Waals surface area contributed by atoms with Gasteiger partial charge in [0.1, 0.15) is 6.54 Å². The van der Waals surface area contributed by atoms with Crippen molar-refractivity contribution in [2.45, 2.75) is 11.3 Å². The van der Waals surface area contributed by atoms with Crippen molar-refractivity contribution in [1.82, 2.24) is 10.2 Å². The molecule has 5 nitrogen and oxygen atoms in total. The normalized spacial score (nSPS) is 28.7. The Kier molecular flexibility index (Phi) is 4.92. The second-order valence-electron chi connectivity index (χ2n) is 6.91. The van der Waals surface area contributed by atoms with E-state index in [1.165, 1.54) is 4.90 Å². The molecule has 1 saturated carbocycles. The van der Waals surface area contributed by atoms with Crippen molar-refractivity contribution in [3.63, 3.8) is 0 Å². The number of amides is 3. The Morgan fingerprint density at radius 1 is 1.12 bits per heavy atom. The molecule has 2 aliphatic carbocycles. The lowest BCUT2D eigenvalue weighted by Gasteiger charge is -2.16. The number of carbonyl (C=O) groups is 3. The van der Waals surface area contributed by atoms with Crippen LogP contribution in [0.3, 0.4) is 0 Å². The van der Waals surface area contributed by atoms with E-state index in [1.54, 1.807) is 11.8 Å². The van der Waals surface area contributed by atoms with Gasteiger partial charge in [-0.25, -0.2) is 0 Å². The fourth-order valence-electron chi connectivity index (χ4n) is 4.21. The van der Waals surface area contributed by atoms with Crippen LogP contribution in [0.5, 0.6) is 0 Å². The van der Waals surface area contributed by atoms with Crippen LogP contribution in [0.1, 0.15) is 6.42 Å². The standard InChI is InChI=1S/C19H19BrN2O3S/c20-13-3-5-14(6-4-13)26-8-7-21-15(23)10-22-18(24)16-11-1-2-12(9-11)17(16)19(22)25/h1-6,11-12,16-17H,7-10H2,(H,21,23)/t11-,12-,16-,17+/m0/s1. The molecule has 2 bridgehead atoms. The second-order valence-corrected chi connectivity index (χ2v) is 9.00. The molecular weight excluding hydrogens is 416 g/mol. The lowest BCUT2D eigenvalue weighted by molar-refractivity contribution is -0.144. The summed E-state index contributed by atoms with van der Waals surface area (Å²) in [7, 11) is 0. The number of halogens is 1. The average molecular weight is 435 g/mol. The quantitative estimate of drug-likeness (QED) is 0.323. The van der Waals surface area contributed by atoms with Crippen molar-refractivity contribution in [1.29, 1.82) is 0 Å². The summed E-state index contributed by atoms with van der Waals surface area (Å²) in [5.41, 5.74) is 0. The molecule has 1 aliphatic heterocycles. The monoisotopic (exact) mass is 434 g/mol. The first-order valence-corrected chi connectivity index (χ1v) is 10.5. The van der Waals surface area contributed by atoms with E-state index in [4.69, 9.17) is 0 Å². The maximum absolute atomic E-state index is 12.5. The van der Waals surface area contributed by atoms with Gasteiger partial charge in [-0.3, -0.25) is 19.3 Å². The van der Waals surface area contributed by atoms with E-state index in [2.05, 4.69) is 33.4 Å². The van der Waals surface area contributed by atoms with Gasteiger partial charge in [0, 0.05) is 21.7 Å². The molecule has 0 aromatic heterocycles. The van der Waals surface area contributed by atoms with Gasteiger partial charge in [0.25, 0.3) is 0 Å². The van der Waals surface area contributed by atoms with Crippen LogP contribution in [0.15, 0.2) is 45.8 Å². The minimum atomic E-state index is -0.275. The summed E-state index contributed by atoms with van der Waals surface area (Å²) in [6.07, 6.45) is 5.01. The Morgan fingerprint density at radius 2 is 1.73 bits per heavy atom. The van der Waals surface area contributed by atoms with Crippen LogP contribution < -0.4 is 5.32 Å². The van der Waals surface area contributed by atoms with Gasteiger partial charge in [0.2, 0.25) is 17.7 Å². The molecule has 7 heteroatoms. The number of allylic oxidation sites excluding steroid dienone is 2. The number of fused-ring (bicyclic) bond motifs is 5. The lowest BCUT2D eigenvalue weighted by Crippen LogP contribution is -2.42. The summed E-state index contributed by atoms with van der Waals surface area (Å²) in [4.78, 5) is 39.5. The van der Waals surface area contributed by atoms with Crippen molar-refractivity contribution in [3.8, 4) is 0 Å². The number of thioether (sulfide) groups is 1. The summed E-state index contributed by atoms with van der Waals surface area (Å²) in [6, 6.07) is 7.98. The summed E-state index contributed by atoms with van der Waals surface area (Å²) in [5.74, 6) is -0.00443. The van der Waals surface area contributed by atoms with Gasteiger partial charge < -0.3 is 5.32 Å². The zero-order valence-corrected chi connectivity index (χ0v) is 16.5. The van der Waals surface area contributed by atoms with E-state index in [1.807, 2.05) is 24.3 Å². The van der Waals surface area contributed by atoms with E-state index < -0.39 is 0 Å². The zero-order chi connectivity index (χ0) is 18.3. The average Bonchev–Trinajstić information content (AvgIpc) is 3.30. The van der Waals surface area contributed by atoms with Crippen LogP contribution >= 0.6 is 27.7 Å². The highest BCUT2D eigenvalue weighted by Crippen LogP contribution is 2.52. The Morgan fingerprint density at radius 3 is 2.35 bits per heavy atom. The number of rotatable bonds is 6. The van der Waals surface area contributed by atoms with E-state index in [0.29, 0.717) is 6.54 Å². The van der Waals surface area contributed by atoms with E-state index >= 15 is 0 Å². The largest absolute Gasteiger partial charge is 0.354 e. The van der Waals surface area contributed by atoms with Gasteiger partial charge in [-0.1, -0.05) is 28.1 Å². The predicted molar refractivity (Wildman–Crippen MR) is 102 cm³/mol. The number of hydrogen-bond acceptors (Lipinski definition) is 4. The first kappa shape index (κ1) is 17.8. The van der Waals surface area contributed by atoms with Crippen LogP contribution in [0, 0.1) is 23.7 Å². The van der Waals surface area contributed by atoms with Gasteiger partial charge in [0.05, 0.1) is 11.8 Å². The first-order valence-electron chi connectivity index (χ1n) is 8.73. The summed E-state index contributed by atoms with van der Waals surface area (Å²) in [5, 5.41) is 2.81. The highest BCUT2D eigenvalue weighted by molar-refractivity contribution is 9.10. The van der Waals surface area contributed by atoms with Crippen LogP contribution in [-0.4, -0.2) is 41.5 Å². The molecule has 1 saturated heterocycles. The third-order valence-electron chi connectivity index (χ3n) is 5.37. The van der Waals surface area contributed by atoms with Crippen LogP contribution in [0.4, 0.5) is 0 Å². The molecule has 2 fully saturated rings. The minimum absolute atomic E-state index is 0.160. The molecule has 1 N–H and O–H groups in total. The number of imide groups is 1. The molecule has 3 amide bonds. The number of benzene rings is 1. The molecule has 1 heterocycles. The summed E-state index contributed by atoms with van der Waals surface area (Å²) in [6.45, 7) is 0.336. The summed E-state index contributed by atoms with van der Waals surface area (Å²) >= 11 is 5.04. The molecule has 26 heavy (non-hydrogen) atoms. The molecule has 4 atom stereocenters. The highest BCUT2D eigenvalue weighted by Gasteiger charge is 2.59. The maximum Gasteiger partial charge on any atom is 0.240 e. The van der Waals surface area contributed by atoms with Crippen LogP contribution in [-0.2, 0) is 14.4 Å². The molecule has 0 spiro atoms. The number of hydrogen-bond donors (Lipinski definition) is 1. The third kappa shape index (κ3) is 3.22. The minimum Gasteiger partial charge on any atom is -0.354 e. The van der Waals surface area contributed by atoms with Crippen molar-refractivity contribution >= 4 is 45.4 Å². The molecule has 0 unspecified atom stereocenters. The zero-order valence-electron chi connectivity index (χ0n) is 14.1. The van der Waals surface area contributed by atoms with Gasteiger partial charge in [-0.05, 0) is 42.5 Å². The molecule has 136 valence electrons. The van der Waals surface area contributed by atoms with Crippen molar-refractivity contribution in [2.75, 3.05) is 18.8 Å².